The molecule has 1 spiro atoms. The molecule has 42 heavy (non-hydrogen) atoms. The molecule has 1 fully saturated rings. The zero-order valence-corrected chi connectivity index (χ0v) is 24.3. The van der Waals surface area contributed by atoms with Gasteiger partial charge in [0.25, 0.3) is 0 Å². The van der Waals surface area contributed by atoms with Crippen molar-refractivity contribution < 1.29 is 43.2 Å². The van der Waals surface area contributed by atoms with Crippen molar-refractivity contribution >= 4 is 18.1 Å². The molecule has 0 aromatic heterocycles. The number of carbonyl (C=O) groups excluding carboxylic acids is 3. The lowest BCUT2D eigenvalue weighted by atomic mass is 9.50. The average Bonchev–Trinajstić information content (AvgIpc) is 3.27. The van der Waals surface area contributed by atoms with Gasteiger partial charge in [-0.3, -0.25) is 4.79 Å². The van der Waals surface area contributed by atoms with Crippen molar-refractivity contribution in [2.24, 2.45) is 0 Å². The summed E-state index contributed by atoms with van der Waals surface area (Å²) in [4.78, 5) is 40.3. The maximum Gasteiger partial charge on any atom is 0.514 e. The summed E-state index contributed by atoms with van der Waals surface area (Å²) in [5.41, 5.74) is -0.762. The van der Waals surface area contributed by atoms with Gasteiger partial charge in [-0.2, -0.15) is 0 Å². The van der Waals surface area contributed by atoms with Crippen molar-refractivity contribution in [2.45, 2.75) is 81.8 Å². The highest BCUT2D eigenvalue weighted by molar-refractivity contribution is 5.81. The normalized spacial score (nSPS) is 28.0. The van der Waals surface area contributed by atoms with Crippen LogP contribution >= 0.6 is 0 Å². The zero-order chi connectivity index (χ0) is 30.0. The number of esters is 2. The molecule has 1 unspecified atom stereocenters. The van der Waals surface area contributed by atoms with Gasteiger partial charge in [0.1, 0.15) is 11.4 Å². The van der Waals surface area contributed by atoms with Crippen LogP contribution in [0.25, 0.3) is 0 Å². The Kier molecular flexibility index (Phi) is 6.62. The number of nitrogens with zero attached hydrogens (tertiary/aromatic N) is 1. The number of hydrogen-bond acceptors (Lipinski definition) is 10. The fraction of sp³-hybridized carbons (Fsp3) is 0.469. The molecular weight excluding hydrogens is 542 g/mol. The summed E-state index contributed by atoms with van der Waals surface area (Å²) in [5.74, 6) is -0.703. The standard InChI is InChI=1S/C32H35NO9/c1-18(34)38-25(19-9-7-6-8-10-19)28(35)39-22-13-14-32(37)23-17-20-11-12-21(40-29(36)42-30(2,3)4)26-24(20)31(32,27(22)41-26)15-16-33(23)5/h6-13,23,25,27,37H,14-17H2,1-5H3/t23?,25-,27-,31-,32-/m0/s1. The lowest BCUT2D eigenvalue weighted by Gasteiger charge is -2.61. The third-order valence-corrected chi connectivity index (χ3v) is 8.74. The zero-order valence-electron chi connectivity index (χ0n) is 24.3. The second-order valence-corrected chi connectivity index (χ2v) is 12.5. The summed E-state index contributed by atoms with van der Waals surface area (Å²) in [6.07, 6.45) is -0.0644. The van der Waals surface area contributed by atoms with Crippen molar-refractivity contribution in [1.29, 1.82) is 0 Å². The third kappa shape index (κ3) is 4.35. The van der Waals surface area contributed by atoms with Gasteiger partial charge < -0.3 is 33.7 Å². The minimum atomic E-state index is -1.29. The van der Waals surface area contributed by atoms with E-state index in [2.05, 4.69) is 4.90 Å². The molecule has 0 radical (unpaired) electrons. The SMILES string of the molecule is CC(=O)O[C@H](C(=O)OC1=CC[C@]2(O)C3Cc4ccc(OC(=O)OC(C)(C)C)c5c4[C@@]2(CCN3C)[C@H]1O5)c1ccccc1. The minimum absolute atomic E-state index is 0.166. The van der Waals surface area contributed by atoms with Crippen LogP contribution in [0.5, 0.6) is 11.5 Å². The van der Waals surface area contributed by atoms with Crippen LogP contribution in [0.1, 0.15) is 63.3 Å². The molecule has 1 N–H and O–H groups in total. The van der Waals surface area contributed by atoms with Gasteiger partial charge in [-0.25, -0.2) is 9.59 Å². The predicted molar refractivity (Wildman–Crippen MR) is 149 cm³/mol. The van der Waals surface area contributed by atoms with E-state index in [0.717, 1.165) is 11.1 Å². The lowest BCUT2D eigenvalue weighted by Crippen LogP contribution is -2.74. The largest absolute Gasteiger partial charge is 0.514 e. The molecule has 2 aliphatic carbocycles. The summed E-state index contributed by atoms with van der Waals surface area (Å²) in [7, 11) is 2.00. The minimum Gasteiger partial charge on any atom is -0.477 e. The molecule has 2 heterocycles. The van der Waals surface area contributed by atoms with Gasteiger partial charge in [0.2, 0.25) is 6.10 Å². The first-order valence-corrected chi connectivity index (χ1v) is 14.1. The molecule has 222 valence electrons. The van der Waals surface area contributed by atoms with Crippen LogP contribution < -0.4 is 9.47 Å². The number of aliphatic hydroxyl groups is 1. The molecule has 0 amide bonds. The van der Waals surface area contributed by atoms with Gasteiger partial charge in [0, 0.05) is 30.5 Å². The molecule has 4 aliphatic rings. The quantitative estimate of drug-likeness (QED) is 0.316. The van der Waals surface area contributed by atoms with Crippen LogP contribution in [-0.4, -0.2) is 65.0 Å². The molecule has 10 nitrogen and oxygen atoms in total. The maximum absolute atomic E-state index is 13.6. The predicted octanol–water partition coefficient (Wildman–Crippen LogP) is 4.13. The van der Waals surface area contributed by atoms with E-state index in [9.17, 15) is 19.5 Å². The molecule has 0 saturated carbocycles. The maximum atomic E-state index is 13.6. The molecular formula is C32H35NO9. The first kappa shape index (κ1) is 28.2. The van der Waals surface area contributed by atoms with E-state index >= 15 is 0 Å². The topological polar surface area (TPSA) is 121 Å². The van der Waals surface area contributed by atoms with E-state index in [4.69, 9.17) is 23.7 Å². The fourth-order valence-electron chi connectivity index (χ4n) is 7.08. The third-order valence-electron chi connectivity index (χ3n) is 8.74. The van der Waals surface area contributed by atoms with E-state index in [1.807, 2.05) is 13.1 Å². The highest BCUT2D eigenvalue weighted by Gasteiger charge is 2.72. The first-order chi connectivity index (χ1) is 19.8. The Morgan fingerprint density at radius 2 is 1.83 bits per heavy atom. The highest BCUT2D eigenvalue weighted by Crippen LogP contribution is 2.65. The lowest BCUT2D eigenvalue weighted by molar-refractivity contribution is -0.176. The number of ether oxygens (including phenoxy) is 5. The van der Waals surface area contributed by atoms with Gasteiger partial charge in [0.05, 0.1) is 11.0 Å². The number of hydrogen-bond donors (Lipinski definition) is 1. The molecule has 2 bridgehead atoms. The first-order valence-electron chi connectivity index (χ1n) is 14.1. The van der Waals surface area contributed by atoms with Crippen LogP contribution in [0, 0.1) is 0 Å². The number of carbonyl (C=O) groups is 3. The van der Waals surface area contributed by atoms with Gasteiger partial charge in [-0.1, -0.05) is 36.4 Å². The van der Waals surface area contributed by atoms with Crippen LogP contribution in [0.2, 0.25) is 0 Å². The van der Waals surface area contributed by atoms with E-state index in [-0.39, 0.29) is 24.0 Å². The average molecular weight is 578 g/mol. The summed E-state index contributed by atoms with van der Waals surface area (Å²) in [6, 6.07) is 12.0. The molecule has 6 rings (SSSR count). The molecule has 10 heteroatoms. The Labute approximate surface area is 244 Å². The summed E-state index contributed by atoms with van der Waals surface area (Å²) >= 11 is 0. The summed E-state index contributed by atoms with van der Waals surface area (Å²) in [5, 5.41) is 12.5. The van der Waals surface area contributed by atoms with Crippen LogP contribution in [0.4, 0.5) is 4.79 Å². The molecule has 2 aliphatic heterocycles. The van der Waals surface area contributed by atoms with E-state index in [0.29, 0.717) is 30.7 Å². The van der Waals surface area contributed by atoms with E-state index in [1.54, 1.807) is 63.2 Å². The Morgan fingerprint density at radius 3 is 2.52 bits per heavy atom. The second kappa shape index (κ2) is 9.84. The van der Waals surface area contributed by atoms with Gasteiger partial charge in [0.15, 0.2) is 17.6 Å². The number of likely N-dealkylation sites (N-methyl/N-ethyl adjacent to an activating group) is 1. The van der Waals surface area contributed by atoms with Crippen LogP contribution in [-0.2, 0) is 35.6 Å². The number of benzene rings is 2. The Balaban J connectivity index is 1.40. The van der Waals surface area contributed by atoms with Crippen molar-refractivity contribution in [3.8, 4) is 11.5 Å². The Hall–Kier alpha value is -3.89. The van der Waals surface area contributed by atoms with Crippen molar-refractivity contribution in [1.82, 2.24) is 4.90 Å². The van der Waals surface area contributed by atoms with E-state index < -0.39 is 46.9 Å². The van der Waals surface area contributed by atoms with Crippen LogP contribution in [0.3, 0.4) is 0 Å². The summed E-state index contributed by atoms with van der Waals surface area (Å²) in [6.45, 7) is 7.13. The van der Waals surface area contributed by atoms with Crippen LogP contribution in [0.15, 0.2) is 54.3 Å². The van der Waals surface area contributed by atoms with Crippen molar-refractivity contribution in [3.05, 3.63) is 71.0 Å². The number of rotatable bonds is 5. The smallest absolute Gasteiger partial charge is 0.477 e. The second-order valence-electron chi connectivity index (χ2n) is 12.5. The fourth-order valence-corrected chi connectivity index (χ4v) is 7.08. The number of piperidine rings is 1. The monoisotopic (exact) mass is 577 g/mol. The van der Waals surface area contributed by atoms with Crippen molar-refractivity contribution in [2.75, 3.05) is 13.6 Å². The van der Waals surface area contributed by atoms with Crippen molar-refractivity contribution in [3.63, 3.8) is 0 Å². The molecule has 1 saturated heterocycles. The highest BCUT2D eigenvalue weighted by atomic mass is 16.7. The molecule has 2 aromatic carbocycles. The summed E-state index contributed by atoms with van der Waals surface area (Å²) < 4.78 is 28.9. The van der Waals surface area contributed by atoms with Gasteiger partial charge in [-0.15, -0.1) is 0 Å². The number of likely N-dealkylation sites (tertiary alicyclic amines) is 1. The van der Waals surface area contributed by atoms with Gasteiger partial charge in [-0.05, 0) is 64.9 Å². The van der Waals surface area contributed by atoms with E-state index in [1.165, 1.54) is 6.92 Å². The molecule has 5 atom stereocenters. The van der Waals surface area contributed by atoms with Gasteiger partial charge >= 0.3 is 18.1 Å². The Bertz CT molecular complexity index is 1480. The molecule has 2 aromatic rings. The Morgan fingerprint density at radius 1 is 1.10 bits per heavy atom.